The van der Waals surface area contributed by atoms with Gasteiger partial charge in [0.2, 0.25) is 0 Å². The highest BCUT2D eigenvalue weighted by Gasteiger charge is 2.28. The molecule has 17 heavy (non-hydrogen) atoms. The molecule has 3 heteroatoms. The summed E-state index contributed by atoms with van der Waals surface area (Å²) in [6.45, 7) is 5.25. The lowest BCUT2D eigenvalue weighted by Gasteiger charge is -2.37. The van der Waals surface area contributed by atoms with Crippen molar-refractivity contribution >= 4 is 0 Å². The fourth-order valence-electron chi connectivity index (χ4n) is 3.25. The van der Waals surface area contributed by atoms with E-state index in [1.54, 1.807) is 0 Å². The lowest BCUT2D eigenvalue weighted by Crippen LogP contribution is -2.47. The zero-order chi connectivity index (χ0) is 12.3. The molecule has 1 heterocycles. The molecule has 1 aliphatic heterocycles. The Morgan fingerprint density at radius 3 is 2.71 bits per heavy atom. The highest BCUT2D eigenvalue weighted by molar-refractivity contribution is 4.83. The lowest BCUT2D eigenvalue weighted by atomic mass is 9.91. The van der Waals surface area contributed by atoms with E-state index >= 15 is 0 Å². The molecule has 0 spiro atoms. The molecule has 100 valence electrons. The molecule has 0 aromatic rings. The molecule has 0 aromatic carbocycles. The van der Waals surface area contributed by atoms with Crippen LogP contribution < -0.4 is 5.73 Å². The molecule has 4 unspecified atom stereocenters. The Morgan fingerprint density at radius 1 is 1.18 bits per heavy atom. The second kappa shape index (κ2) is 6.17. The number of β-amino-alcohol motifs (C(OH)–C–C–N with tert-alkyl or cyclic N) is 1. The van der Waals surface area contributed by atoms with Gasteiger partial charge in [-0.3, -0.25) is 0 Å². The van der Waals surface area contributed by atoms with Gasteiger partial charge in [-0.15, -0.1) is 0 Å². The first kappa shape index (κ1) is 13.3. The fourth-order valence-corrected chi connectivity index (χ4v) is 3.25. The standard InChI is InChI=1S/C14H28N2O/c1-11-7-8-16(10-14(11)17)9-12-5-3-2-4-6-13(12)15/h11-14,17H,2-10,15H2,1H3. The van der Waals surface area contributed by atoms with Crippen molar-refractivity contribution in [2.45, 2.75) is 57.6 Å². The Labute approximate surface area is 105 Å². The molecule has 2 rings (SSSR count). The molecule has 2 fully saturated rings. The van der Waals surface area contributed by atoms with Crippen LogP contribution in [0.5, 0.6) is 0 Å². The fraction of sp³-hybridized carbons (Fsp3) is 1.00. The van der Waals surface area contributed by atoms with Gasteiger partial charge in [-0.1, -0.05) is 26.2 Å². The Morgan fingerprint density at radius 2 is 1.94 bits per heavy atom. The maximum atomic E-state index is 9.93. The average molecular weight is 240 g/mol. The Bertz CT molecular complexity index is 234. The van der Waals surface area contributed by atoms with Gasteiger partial charge in [0.25, 0.3) is 0 Å². The smallest absolute Gasteiger partial charge is 0.0693 e. The molecule has 0 radical (unpaired) electrons. The topological polar surface area (TPSA) is 49.5 Å². The summed E-state index contributed by atoms with van der Waals surface area (Å²) in [5.74, 6) is 1.12. The molecule has 0 bridgehead atoms. The molecule has 3 nitrogen and oxygen atoms in total. The van der Waals surface area contributed by atoms with E-state index in [2.05, 4.69) is 11.8 Å². The second-order valence-corrected chi connectivity index (χ2v) is 6.15. The van der Waals surface area contributed by atoms with Gasteiger partial charge < -0.3 is 15.7 Å². The minimum atomic E-state index is -0.134. The number of aliphatic hydroxyl groups is 1. The second-order valence-electron chi connectivity index (χ2n) is 6.15. The van der Waals surface area contributed by atoms with Crippen LogP contribution in [0.4, 0.5) is 0 Å². The average Bonchev–Trinajstić information content (AvgIpc) is 2.50. The number of rotatable bonds is 2. The van der Waals surface area contributed by atoms with Crippen LogP contribution in [0.2, 0.25) is 0 Å². The minimum Gasteiger partial charge on any atom is -0.392 e. The third-order valence-electron chi connectivity index (χ3n) is 4.71. The van der Waals surface area contributed by atoms with Crippen molar-refractivity contribution in [3.05, 3.63) is 0 Å². The zero-order valence-electron chi connectivity index (χ0n) is 11.1. The Balaban J connectivity index is 1.83. The summed E-state index contributed by atoms with van der Waals surface area (Å²) < 4.78 is 0. The molecule has 1 saturated heterocycles. The zero-order valence-corrected chi connectivity index (χ0v) is 11.1. The van der Waals surface area contributed by atoms with Crippen LogP contribution in [0, 0.1) is 11.8 Å². The van der Waals surface area contributed by atoms with Crippen LogP contribution in [-0.4, -0.2) is 41.8 Å². The van der Waals surface area contributed by atoms with E-state index in [1.807, 2.05) is 0 Å². The Hall–Kier alpha value is -0.120. The van der Waals surface area contributed by atoms with E-state index in [0.29, 0.717) is 17.9 Å². The van der Waals surface area contributed by atoms with Gasteiger partial charge in [0, 0.05) is 19.1 Å². The summed E-state index contributed by atoms with van der Waals surface area (Å²) in [7, 11) is 0. The normalized spacial score (nSPS) is 41.1. The maximum Gasteiger partial charge on any atom is 0.0693 e. The highest BCUT2D eigenvalue weighted by atomic mass is 16.3. The monoisotopic (exact) mass is 240 g/mol. The molecule has 4 atom stereocenters. The molecule has 1 aliphatic carbocycles. The maximum absolute atomic E-state index is 9.93. The van der Waals surface area contributed by atoms with Crippen LogP contribution in [-0.2, 0) is 0 Å². The van der Waals surface area contributed by atoms with Gasteiger partial charge in [0.1, 0.15) is 0 Å². The van der Waals surface area contributed by atoms with Crippen molar-refractivity contribution in [1.29, 1.82) is 0 Å². The summed E-state index contributed by atoms with van der Waals surface area (Å²) in [5, 5.41) is 9.93. The van der Waals surface area contributed by atoms with Crippen molar-refractivity contribution in [3.8, 4) is 0 Å². The van der Waals surface area contributed by atoms with Gasteiger partial charge in [0.15, 0.2) is 0 Å². The number of likely N-dealkylation sites (tertiary alicyclic amines) is 1. The predicted molar refractivity (Wildman–Crippen MR) is 70.8 cm³/mol. The quantitative estimate of drug-likeness (QED) is 0.721. The van der Waals surface area contributed by atoms with Crippen molar-refractivity contribution in [1.82, 2.24) is 4.90 Å². The van der Waals surface area contributed by atoms with Crippen molar-refractivity contribution in [2.24, 2.45) is 17.6 Å². The van der Waals surface area contributed by atoms with Gasteiger partial charge >= 0.3 is 0 Å². The van der Waals surface area contributed by atoms with Crippen LogP contribution >= 0.6 is 0 Å². The molecule has 0 amide bonds. The van der Waals surface area contributed by atoms with Gasteiger partial charge in [-0.05, 0) is 37.6 Å². The summed E-state index contributed by atoms with van der Waals surface area (Å²) in [6.07, 6.45) is 7.46. The highest BCUT2D eigenvalue weighted by Crippen LogP contribution is 2.25. The van der Waals surface area contributed by atoms with Gasteiger partial charge in [-0.2, -0.15) is 0 Å². The van der Waals surface area contributed by atoms with E-state index < -0.39 is 0 Å². The summed E-state index contributed by atoms with van der Waals surface area (Å²) in [5.41, 5.74) is 6.27. The largest absolute Gasteiger partial charge is 0.392 e. The first-order valence-electron chi connectivity index (χ1n) is 7.33. The number of piperidine rings is 1. The van der Waals surface area contributed by atoms with Crippen LogP contribution in [0.1, 0.15) is 45.4 Å². The number of nitrogens with two attached hydrogens (primary N) is 1. The van der Waals surface area contributed by atoms with E-state index in [0.717, 1.165) is 26.1 Å². The van der Waals surface area contributed by atoms with E-state index in [4.69, 9.17) is 5.73 Å². The molecule has 3 N–H and O–H groups in total. The van der Waals surface area contributed by atoms with Crippen molar-refractivity contribution in [2.75, 3.05) is 19.6 Å². The van der Waals surface area contributed by atoms with Gasteiger partial charge in [0.05, 0.1) is 6.10 Å². The first-order valence-corrected chi connectivity index (χ1v) is 7.33. The SMILES string of the molecule is CC1CCN(CC2CCCCCC2N)CC1O. The predicted octanol–water partition coefficient (Wildman–Crippen LogP) is 1.60. The number of hydrogen-bond acceptors (Lipinski definition) is 3. The molecule has 2 aliphatic rings. The molecular formula is C14H28N2O. The molecule has 1 saturated carbocycles. The van der Waals surface area contributed by atoms with Crippen LogP contribution in [0.25, 0.3) is 0 Å². The Kier molecular flexibility index (Phi) is 4.83. The van der Waals surface area contributed by atoms with E-state index in [-0.39, 0.29) is 6.10 Å². The number of aliphatic hydroxyl groups excluding tert-OH is 1. The minimum absolute atomic E-state index is 0.134. The van der Waals surface area contributed by atoms with Crippen LogP contribution in [0.3, 0.4) is 0 Å². The first-order chi connectivity index (χ1) is 8.16. The lowest BCUT2D eigenvalue weighted by molar-refractivity contribution is 0.0207. The summed E-state index contributed by atoms with van der Waals surface area (Å²) >= 11 is 0. The van der Waals surface area contributed by atoms with Gasteiger partial charge in [-0.25, -0.2) is 0 Å². The summed E-state index contributed by atoms with van der Waals surface area (Å²) in [4.78, 5) is 2.43. The van der Waals surface area contributed by atoms with Crippen LogP contribution in [0.15, 0.2) is 0 Å². The molecule has 0 aromatic heterocycles. The van der Waals surface area contributed by atoms with Crippen molar-refractivity contribution < 1.29 is 5.11 Å². The number of nitrogens with zero attached hydrogens (tertiary/aromatic N) is 1. The third kappa shape index (κ3) is 3.67. The van der Waals surface area contributed by atoms with Crippen molar-refractivity contribution in [3.63, 3.8) is 0 Å². The third-order valence-corrected chi connectivity index (χ3v) is 4.71. The van der Waals surface area contributed by atoms with E-state index in [1.165, 1.54) is 32.1 Å². The van der Waals surface area contributed by atoms with E-state index in [9.17, 15) is 5.11 Å². The summed E-state index contributed by atoms with van der Waals surface area (Å²) in [6, 6.07) is 0.383. The molecular weight excluding hydrogens is 212 g/mol. The number of hydrogen-bond donors (Lipinski definition) is 2.